The zero-order valence-corrected chi connectivity index (χ0v) is 9.09. The molecule has 0 saturated carbocycles. The van der Waals surface area contributed by atoms with Crippen molar-refractivity contribution in [1.82, 2.24) is 4.57 Å². The van der Waals surface area contributed by atoms with E-state index in [0.717, 1.165) is 17.6 Å². The van der Waals surface area contributed by atoms with Gasteiger partial charge in [-0.2, -0.15) is 0 Å². The topological polar surface area (TPSA) is 31.2 Å². The standard InChI is InChI=1S/C13H13NO2/c1-16-13-6-2-4-11(8-13)9-14-7-3-5-12(14)10-15/h2-8,10H,9H2,1H3. The van der Waals surface area contributed by atoms with Crippen LogP contribution in [0.25, 0.3) is 0 Å². The summed E-state index contributed by atoms with van der Waals surface area (Å²) in [6.45, 7) is 0.679. The van der Waals surface area contributed by atoms with Gasteiger partial charge in [-0.05, 0) is 29.8 Å². The molecule has 2 aromatic rings. The van der Waals surface area contributed by atoms with Gasteiger partial charge in [0.2, 0.25) is 0 Å². The molecule has 0 fully saturated rings. The molecule has 0 aliphatic heterocycles. The van der Waals surface area contributed by atoms with Crippen LogP contribution in [-0.2, 0) is 6.54 Å². The zero-order valence-electron chi connectivity index (χ0n) is 9.09. The fourth-order valence-electron chi connectivity index (χ4n) is 1.65. The summed E-state index contributed by atoms with van der Waals surface area (Å²) in [4.78, 5) is 10.8. The van der Waals surface area contributed by atoms with Crippen LogP contribution in [0, 0.1) is 0 Å². The number of hydrogen-bond acceptors (Lipinski definition) is 2. The van der Waals surface area contributed by atoms with E-state index in [1.54, 1.807) is 13.2 Å². The largest absolute Gasteiger partial charge is 0.497 e. The van der Waals surface area contributed by atoms with Crippen LogP contribution in [0.4, 0.5) is 0 Å². The van der Waals surface area contributed by atoms with Crippen molar-refractivity contribution in [2.24, 2.45) is 0 Å². The maximum atomic E-state index is 10.8. The van der Waals surface area contributed by atoms with E-state index in [1.165, 1.54) is 0 Å². The number of benzene rings is 1. The Morgan fingerprint density at radius 2 is 2.19 bits per heavy atom. The molecule has 0 amide bonds. The number of aldehydes is 1. The summed E-state index contributed by atoms with van der Waals surface area (Å²) < 4.78 is 7.06. The first-order chi connectivity index (χ1) is 7.83. The highest BCUT2D eigenvalue weighted by molar-refractivity contribution is 5.72. The van der Waals surface area contributed by atoms with Gasteiger partial charge in [0.1, 0.15) is 5.75 Å². The zero-order chi connectivity index (χ0) is 11.4. The molecule has 2 rings (SSSR count). The highest BCUT2D eigenvalue weighted by Gasteiger charge is 2.01. The van der Waals surface area contributed by atoms with Crippen molar-refractivity contribution >= 4 is 6.29 Å². The number of rotatable bonds is 4. The minimum atomic E-state index is 0.679. The number of methoxy groups -OCH3 is 1. The number of carbonyl (C=O) groups excluding carboxylic acids is 1. The highest BCUT2D eigenvalue weighted by Crippen LogP contribution is 2.14. The van der Waals surface area contributed by atoms with E-state index in [0.29, 0.717) is 12.2 Å². The van der Waals surface area contributed by atoms with E-state index in [9.17, 15) is 4.79 Å². The number of hydrogen-bond donors (Lipinski definition) is 0. The Balaban J connectivity index is 2.23. The van der Waals surface area contributed by atoms with E-state index < -0.39 is 0 Å². The van der Waals surface area contributed by atoms with Crippen LogP contribution in [-0.4, -0.2) is 18.0 Å². The maximum Gasteiger partial charge on any atom is 0.166 e. The second kappa shape index (κ2) is 4.66. The average molecular weight is 215 g/mol. The summed E-state index contributed by atoms with van der Waals surface area (Å²) in [5.41, 5.74) is 1.79. The van der Waals surface area contributed by atoms with Crippen LogP contribution in [0.15, 0.2) is 42.6 Å². The van der Waals surface area contributed by atoms with E-state index in [4.69, 9.17) is 4.74 Å². The molecule has 0 saturated heterocycles. The molecule has 0 bridgehead atoms. The molecule has 82 valence electrons. The Kier molecular flexibility index (Phi) is 3.05. The summed E-state index contributed by atoms with van der Waals surface area (Å²) in [6.07, 6.45) is 2.75. The normalized spacial score (nSPS) is 10.1. The summed E-state index contributed by atoms with van der Waals surface area (Å²) in [7, 11) is 1.64. The minimum absolute atomic E-state index is 0.679. The summed E-state index contributed by atoms with van der Waals surface area (Å²) in [5.74, 6) is 0.831. The predicted octanol–water partition coefficient (Wildman–Crippen LogP) is 2.36. The van der Waals surface area contributed by atoms with Crippen molar-refractivity contribution in [3.8, 4) is 5.75 Å². The Bertz CT molecular complexity index is 488. The van der Waals surface area contributed by atoms with E-state index in [2.05, 4.69) is 0 Å². The van der Waals surface area contributed by atoms with Crippen molar-refractivity contribution in [1.29, 1.82) is 0 Å². The lowest BCUT2D eigenvalue weighted by Gasteiger charge is -2.07. The lowest BCUT2D eigenvalue weighted by atomic mass is 10.2. The minimum Gasteiger partial charge on any atom is -0.497 e. The second-order valence-corrected chi connectivity index (χ2v) is 3.53. The number of aromatic nitrogens is 1. The van der Waals surface area contributed by atoms with E-state index in [-0.39, 0.29) is 0 Å². The molecular formula is C13H13NO2. The Labute approximate surface area is 94.3 Å². The third kappa shape index (κ3) is 2.14. The monoisotopic (exact) mass is 215 g/mol. The van der Waals surface area contributed by atoms with Crippen LogP contribution in [0.3, 0.4) is 0 Å². The van der Waals surface area contributed by atoms with Gasteiger partial charge < -0.3 is 9.30 Å². The molecule has 1 aromatic heterocycles. The Morgan fingerprint density at radius 3 is 2.94 bits per heavy atom. The number of carbonyl (C=O) groups is 1. The summed E-state index contributed by atoms with van der Waals surface area (Å²) in [6, 6.07) is 11.5. The van der Waals surface area contributed by atoms with Gasteiger partial charge in [0.15, 0.2) is 6.29 Å². The van der Waals surface area contributed by atoms with Gasteiger partial charge in [-0.25, -0.2) is 0 Å². The van der Waals surface area contributed by atoms with Crippen LogP contribution >= 0.6 is 0 Å². The van der Waals surface area contributed by atoms with Gasteiger partial charge in [0.25, 0.3) is 0 Å². The smallest absolute Gasteiger partial charge is 0.166 e. The number of ether oxygens (including phenoxy) is 1. The average Bonchev–Trinajstić information content (AvgIpc) is 2.76. The molecule has 0 atom stereocenters. The first-order valence-corrected chi connectivity index (χ1v) is 5.07. The second-order valence-electron chi connectivity index (χ2n) is 3.53. The van der Waals surface area contributed by atoms with Crippen LogP contribution in [0.1, 0.15) is 16.1 Å². The molecule has 0 spiro atoms. The summed E-state index contributed by atoms with van der Waals surface area (Å²) in [5, 5.41) is 0. The molecule has 3 heteroatoms. The third-order valence-corrected chi connectivity index (χ3v) is 2.47. The fourth-order valence-corrected chi connectivity index (χ4v) is 1.65. The first-order valence-electron chi connectivity index (χ1n) is 5.07. The molecule has 16 heavy (non-hydrogen) atoms. The molecule has 0 aliphatic rings. The lowest BCUT2D eigenvalue weighted by molar-refractivity contribution is 0.111. The third-order valence-electron chi connectivity index (χ3n) is 2.47. The number of nitrogens with zero attached hydrogens (tertiary/aromatic N) is 1. The van der Waals surface area contributed by atoms with E-state index in [1.807, 2.05) is 41.1 Å². The molecule has 0 unspecified atom stereocenters. The van der Waals surface area contributed by atoms with Gasteiger partial charge in [-0.3, -0.25) is 4.79 Å². The van der Waals surface area contributed by atoms with Crippen LogP contribution < -0.4 is 4.74 Å². The van der Waals surface area contributed by atoms with Gasteiger partial charge in [0.05, 0.1) is 12.8 Å². The maximum absolute atomic E-state index is 10.8. The van der Waals surface area contributed by atoms with Gasteiger partial charge in [-0.1, -0.05) is 12.1 Å². The molecule has 0 radical (unpaired) electrons. The van der Waals surface area contributed by atoms with Crippen molar-refractivity contribution in [3.05, 3.63) is 53.9 Å². The Hall–Kier alpha value is -2.03. The molecular weight excluding hydrogens is 202 g/mol. The van der Waals surface area contributed by atoms with Crippen molar-refractivity contribution in [2.75, 3.05) is 7.11 Å². The van der Waals surface area contributed by atoms with Gasteiger partial charge in [0, 0.05) is 12.7 Å². The first kappa shape index (κ1) is 10.5. The van der Waals surface area contributed by atoms with Crippen molar-refractivity contribution in [3.63, 3.8) is 0 Å². The lowest BCUT2D eigenvalue weighted by Crippen LogP contribution is -2.02. The molecule has 1 aromatic carbocycles. The summed E-state index contributed by atoms with van der Waals surface area (Å²) >= 11 is 0. The molecule has 0 N–H and O–H groups in total. The van der Waals surface area contributed by atoms with Crippen LogP contribution in [0.5, 0.6) is 5.75 Å². The highest BCUT2D eigenvalue weighted by atomic mass is 16.5. The Morgan fingerprint density at radius 1 is 1.31 bits per heavy atom. The van der Waals surface area contributed by atoms with E-state index >= 15 is 0 Å². The SMILES string of the molecule is COc1cccc(Cn2cccc2C=O)c1. The molecule has 0 aliphatic carbocycles. The quantitative estimate of drug-likeness (QED) is 0.733. The molecule has 1 heterocycles. The van der Waals surface area contributed by atoms with Gasteiger partial charge in [-0.15, -0.1) is 0 Å². The van der Waals surface area contributed by atoms with Crippen LogP contribution in [0.2, 0.25) is 0 Å². The van der Waals surface area contributed by atoms with Crippen molar-refractivity contribution in [2.45, 2.75) is 6.54 Å². The molecule has 3 nitrogen and oxygen atoms in total. The van der Waals surface area contributed by atoms with Gasteiger partial charge >= 0.3 is 0 Å². The fraction of sp³-hybridized carbons (Fsp3) is 0.154. The van der Waals surface area contributed by atoms with Crippen molar-refractivity contribution < 1.29 is 9.53 Å². The predicted molar refractivity (Wildman–Crippen MR) is 61.9 cm³/mol.